The molecule has 0 fully saturated rings. The maximum absolute atomic E-state index is 13.3. The molecule has 0 bridgehead atoms. The average molecular weight is 281 g/mol. The first-order valence-corrected chi connectivity index (χ1v) is 5.77. The standard InChI is InChI=1S/C14H10ClFO3/c1-19-13-7-9(3-5-12(13)16)8-2-4-10(14(17)18)11(15)6-8/h2-7H,1H3,(H,17,18). The zero-order chi connectivity index (χ0) is 14.0. The zero-order valence-corrected chi connectivity index (χ0v) is 10.7. The van der Waals surface area contributed by atoms with Crippen molar-refractivity contribution in [2.24, 2.45) is 0 Å². The molecule has 0 aromatic heterocycles. The smallest absolute Gasteiger partial charge is 0.337 e. The first kappa shape index (κ1) is 13.4. The molecule has 0 saturated carbocycles. The third-order valence-electron chi connectivity index (χ3n) is 2.68. The molecule has 0 radical (unpaired) electrons. The van der Waals surface area contributed by atoms with Crippen molar-refractivity contribution < 1.29 is 19.0 Å². The predicted molar refractivity (Wildman–Crippen MR) is 70.4 cm³/mol. The van der Waals surface area contributed by atoms with E-state index < -0.39 is 11.8 Å². The van der Waals surface area contributed by atoms with Gasteiger partial charge in [-0.25, -0.2) is 9.18 Å². The molecule has 1 N–H and O–H groups in total. The molecule has 0 aliphatic heterocycles. The minimum absolute atomic E-state index is 0.0273. The van der Waals surface area contributed by atoms with Crippen molar-refractivity contribution >= 4 is 17.6 Å². The fourth-order valence-corrected chi connectivity index (χ4v) is 1.97. The summed E-state index contributed by atoms with van der Waals surface area (Å²) < 4.78 is 18.2. The summed E-state index contributed by atoms with van der Waals surface area (Å²) in [6.07, 6.45) is 0. The molecule has 5 heteroatoms. The molecule has 19 heavy (non-hydrogen) atoms. The van der Waals surface area contributed by atoms with Crippen molar-refractivity contribution in [2.75, 3.05) is 7.11 Å². The van der Waals surface area contributed by atoms with Crippen molar-refractivity contribution in [3.05, 3.63) is 52.8 Å². The van der Waals surface area contributed by atoms with Crippen molar-refractivity contribution in [3.63, 3.8) is 0 Å². The number of ether oxygens (including phenoxy) is 1. The summed E-state index contributed by atoms with van der Waals surface area (Å²) in [7, 11) is 1.38. The highest BCUT2D eigenvalue weighted by molar-refractivity contribution is 6.33. The molecule has 0 unspecified atom stereocenters. The molecule has 2 aromatic carbocycles. The monoisotopic (exact) mass is 280 g/mol. The van der Waals surface area contributed by atoms with Crippen LogP contribution < -0.4 is 4.74 Å². The molecule has 0 saturated heterocycles. The van der Waals surface area contributed by atoms with E-state index in [0.29, 0.717) is 11.1 Å². The molecule has 0 aliphatic rings. The van der Waals surface area contributed by atoms with Crippen LogP contribution in [0.25, 0.3) is 11.1 Å². The third-order valence-corrected chi connectivity index (χ3v) is 3.00. The summed E-state index contributed by atoms with van der Waals surface area (Å²) in [5.74, 6) is -1.43. The molecule has 0 heterocycles. The molecule has 98 valence electrons. The summed E-state index contributed by atoms with van der Waals surface area (Å²) in [4.78, 5) is 10.9. The zero-order valence-electron chi connectivity index (χ0n) is 9.98. The highest BCUT2D eigenvalue weighted by Crippen LogP contribution is 2.29. The molecule has 2 aromatic rings. The molecule has 0 amide bonds. The van der Waals surface area contributed by atoms with Gasteiger partial charge in [0.05, 0.1) is 17.7 Å². The van der Waals surface area contributed by atoms with Crippen LogP contribution in [0.4, 0.5) is 4.39 Å². The van der Waals surface area contributed by atoms with Crippen LogP contribution in [-0.2, 0) is 0 Å². The number of methoxy groups -OCH3 is 1. The lowest BCUT2D eigenvalue weighted by molar-refractivity contribution is 0.0697. The maximum Gasteiger partial charge on any atom is 0.337 e. The van der Waals surface area contributed by atoms with Crippen LogP contribution in [0.5, 0.6) is 5.75 Å². The minimum atomic E-state index is -1.09. The number of rotatable bonds is 3. The van der Waals surface area contributed by atoms with Crippen LogP contribution in [0.3, 0.4) is 0 Å². The number of hydrogen-bond acceptors (Lipinski definition) is 2. The van der Waals surface area contributed by atoms with Gasteiger partial charge in [0.2, 0.25) is 0 Å². The second-order valence-corrected chi connectivity index (χ2v) is 4.26. The molecule has 0 spiro atoms. The normalized spacial score (nSPS) is 10.3. The lowest BCUT2D eigenvalue weighted by atomic mass is 10.0. The molecule has 2 rings (SSSR count). The Morgan fingerprint density at radius 1 is 1.21 bits per heavy atom. The molecule has 3 nitrogen and oxygen atoms in total. The van der Waals surface area contributed by atoms with E-state index in [1.54, 1.807) is 12.1 Å². The van der Waals surface area contributed by atoms with Gasteiger partial charge < -0.3 is 9.84 Å². The van der Waals surface area contributed by atoms with E-state index in [1.807, 2.05) is 0 Å². The minimum Gasteiger partial charge on any atom is -0.494 e. The van der Waals surface area contributed by atoms with Crippen molar-refractivity contribution in [1.29, 1.82) is 0 Å². The van der Waals surface area contributed by atoms with Crippen molar-refractivity contribution in [2.45, 2.75) is 0 Å². The fourth-order valence-electron chi connectivity index (χ4n) is 1.71. The molecular weight excluding hydrogens is 271 g/mol. The van der Waals surface area contributed by atoms with Crippen LogP contribution in [-0.4, -0.2) is 18.2 Å². The summed E-state index contributed by atoms with van der Waals surface area (Å²) in [6.45, 7) is 0. The van der Waals surface area contributed by atoms with Gasteiger partial charge >= 0.3 is 5.97 Å². The first-order valence-electron chi connectivity index (χ1n) is 5.39. The van der Waals surface area contributed by atoms with Gasteiger partial charge in [-0.3, -0.25) is 0 Å². The number of halogens is 2. The highest BCUT2D eigenvalue weighted by Gasteiger charge is 2.11. The second-order valence-electron chi connectivity index (χ2n) is 3.85. The fraction of sp³-hybridized carbons (Fsp3) is 0.0714. The summed E-state index contributed by atoms with van der Waals surface area (Å²) >= 11 is 5.89. The highest BCUT2D eigenvalue weighted by atomic mass is 35.5. The van der Waals surface area contributed by atoms with Gasteiger partial charge in [-0.05, 0) is 35.4 Å². The van der Waals surface area contributed by atoms with Gasteiger partial charge in [0, 0.05) is 0 Å². The largest absolute Gasteiger partial charge is 0.494 e. The quantitative estimate of drug-likeness (QED) is 0.929. The second kappa shape index (κ2) is 5.28. The Bertz CT molecular complexity index is 641. The number of carbonyl (C=O) groups is 1. The van der Waals surface area contributed by atoms with Crippen LogP contribution in [0, 0.1) is 5.82 Å². The lowest BCUT2D eigenvalue weighted by Gasteiger charge is -2.07. The van der Waals surface area contributed by atoms with E-state index in [1.165, 1.54) is 31.4 Å². The number of hydrogen-bond donors (Lipinski definition) is 1. The Balaban J connectivity index is 2.48. The SMILES string of the molecule is COc1cc(-c2ccc(C(=O)O)c(Cl)c2)ccc1F. The van der Waals surface area contributed by atoms with E-state index in [4.69, 9.17) is 21.4 Å². The summed E-state index contributed by atoms with van der Waals surface area (Å²) in [5.41, 5.74) is 1.41. The molecule has 0 aliphatic carbocycles. The van der Waals surface area contributed by atoms with E-state index in [2.05, 4.69) is 0 Å². The Morgan fingerprint density at radius 2 is 1.84 bits per heavy atom. The van der Waals surface area contributed by atoms with Gasteiger partial charge in [0.15, 0.2) is 11.6 Å². The number of carboxylic acids is 1. The van der Waals surface area contributed by atoms with E-state index >= 15 is 0 Å². The summed E-state index contributed by atoms with van der Waals surface area (Å²) in [5, 5.41) is 9.02. The van der Waals surface area contributed by atoms with Crippen molar-refractivity contribution in [3.8, 4) is 16.9 Å². The Kier molecular flexibility index (Phi) is 3.71. The summed E-state index contributed by atoms with van der Waals surface area (Å²) in [6, 6.07) is 8.94. The Labute approximate surface area is 114 Å². The lowest BCUT2D eigenvalue weighted by Crippen LogP contribution is -1.97. The van der Waals surface area contributed by atoms with Crippen LogP contribution in [0.2, 0.25) is 5.02 Å². The van der Waals surface area contributed by atoms with Crippen LogP contribution in [0.1, 0.15) is 10.4 Å². The van der Waals surface area contributed by atoms with Gasteiger partial charge in [-0.2, -0.15) is 0 Å². The maximum atomic E-state index is 13.3. The average Bonchev–Trinajstić information content (AvgIpc) is 2.38. The van der Waals surface area contributed by atoms with E-state index in [9.17, 15) is 9.18 Å². The Hall–Kier alpha value is -2.07. The predicted octanol–water partition coefficient (Wildman–Crippen LogP) is 3.85. The number of aromatic carboxylic acids is 1. The third kappa shape index (κ3) is 2.69. The van der Waals surface area contributed by atoms with Gasteiger partial charge in [-0.15, -0.1) is 0 Å². The van der Waals surface area contributed by atoms with E-state index in [-0.39, 0.29) is 16.3 Å². The Morgan fingerprint density at radius 3 is 2.42 bits per heavy atom. The van der Waals surface area contributed by atoms with Gasteiger partial charge in [0.1, 0.15) is 0 Å². The number of benzene rings is 2. The molecule has 0 atom stereocenters. The van der Waals surface area contributed by atoms with Gasteiger partial charge in [-0.1, -0.05) is 23.7 Å². The van der Waals surface area contributed by atoms with Gasteiger partial charge in [0.25, 0.3) is 0 Å². The first-order chi connectivity index (χ1) is 9.02. The molecular formula is C14H10ClFO3. The van der Waals surface area contributed by atoms with Crippen LogP contribution in [0.15, 0.2) is 36.4 Å². The number of carboxylic acid groups (broad SMARTS) is 1. The van der Waals surface area contributed by atoms with Crippen LogP contribution >= 0.6 is 11.6 Å². The topological polar surface area (TPSA) is 46.5 Å². The van der Waals surface area contributed by atoms with E-state index in [0.717, 1.165) is 0 Å². The van der Waals surface area contributed by atoms with Crippen molar-refractivity contribution in [1.82, 2.24) is 0 Å².